The van der Waals surface area contributed by atoms with E-state index in [1.165, 1.54) is 11.4 Å². The summed E-state index contributed by atoms with van der Waals surface area (Å²) in [7, 11) is 0. The molecule has 2 N–H and O–H groups in total. The number of carboxylic acids is 2. The Morgan fingerprint density at radius 2 is 1.74 bits per heavy atom. The van der Waals surface area contributed by atoms with Crippen molar-refractivity contribution in [1.82, 2.24) is 14.9 Å². The van der Waals surface area contributed by atoms with Crippen molar-refractivity contribution in [1.29, 1.82) is 0 Å². The van der Waals surface area contributed by atoms with Gasteiger partial charge >= 0.3 is 24.3 Å². The lowest BCUT2D eigenvalue weighted by molar-refractivity contribution is -0.193. The number of aliphatic carboxylic acids is 2. The van der Waals surface area contributed by atoms with Gasteiger partial charge in [-0.15, -0.1) is 11.3 Å². The van der Waals surface area contributed by atoms with Crippen LogP contribution in [-0.2, 0) is 32.2 Å². The summed E-state index contributed by atoms with van der Waals surface area (Å²) in [5.74, 6) is -5.51. The average molecular weight is 574 g/mol. The third kappa shape index (κ3) is 10.9. The standard InChI is InChI=1S/C18H23N3O2S.2C2HF3O2/c1-2-14(10-19-6-1)12-22-13-15-3-4-16-17(23-15)5-8-21(16)11-18-20-7-9-24-18;2*3-2(4,5)1(6)7/h1-2,6-7,9-10,15-17H,3-5,8,11-13H2;2*(H,6,7)/t15-,16-,17-;;/m1../s1. The van der Waals surface area contributed by atoms with Crippen LogP contribution >= 0.6 is 11.3 Å². The minimum absolute atomic E-state index is 0.225. The molecule has 0 aromatic carbocycles. The highest BCUT2D eigenvalue weighted by atomic mass is 32.1. The van der Waals surface area contributed by atoms with Crippen molar-refractivity contribution in [2.45, 2.75) is 63.0 Å². The molecule has 0 saturated carbocycles. The van der Waals surface area contributed by atoms with Crippen molar-refractivity contribution < 1.29 is 55.6 Å². The molecule has 0 amide bonds. The van der Waals surface area contributed by atoms with Crippen LogP contribution in [0.1, 0.15) is 29.8 Å². The van der Waals surface area contributed by atoms with Gasteiger partial charge in [-0.2, -0.15) is 26.3 Å². The van der Waals surface area contributed by atoms with Crippen LogP contribution in [0.15, 0.2) is 36.1 Å². The Labute approximate surface area is 217 Å². The van der Waals surface area contributed by atoms with Gasteiger partial charge in [-0.1, -0.05) is 6.07 Å². The zero-order chi connectivity index (χ0) is 28.3. The highest BCUT2D eigenvalue weighted by Crippen LogP contribution is 2.32. The van der Waals surface area contributed by atoms with Crippen molar-refractivity contribution in [2.24, 2.45) is 0 Å². The van der Waals surface area contributed by atoms with Crippen molar-refractivity contribution in [3.05, 3.63) is 46.7 Å². The normalized spacial score (nSPS) is 21.4. The molecule has 0 radical (unpaired) electrons. The minimum atomic E-state index is -5.08. The maximum absolute atomic E-state index is 10.6. The van der Waals surface area contributed by atoms with Crippen molar-refractivity contribution >= 4 is 23.3 Å². The van der Waals surface area contributed by atoms with Crippen LogP contribution in [0.2, 0.25) is 0 Å². The van der Waals surface area contributed by atoms with E-state index in [9.17, 15) is 26.3 Å². The number of fused-ring (bicyclic) bond motifs is 1. The number of carboxylic acid groups (broad SMARTS) is 2. The molecular formula is C22H25F6N3O6S. The van der Waals surface area contributed by atoms with Gasteiger partial charge in [-0.05, 0) is 30.9 Å². The number of likely N-dealkylation sites (tertiary alicyclic amines) is 1. The number of hydrogen-bond acceptors (Lipinski definition) is 8. The predicted molar refractivity (Wildman–Crippen MR) is 120 cm³/mol. The van der Waals surface area contributed by atoms with Gasteiger partial charge in [-0.25, -0.2) is 14.6 Å². The summed E-state index contributed by atoms with van der Waals surface area (Å²) in [6.45, 7) is 3.35. The number of nitrogens with zero attached hydrogens (tertiary/aromatic N) is 3. The highest BCUT2D eigenvalue weighted by Gasteiger charge is 2.40. The lowest BCUT2D eigenvalue weighted by atomic mass is 9.99. The first-order valence-electron chi connectivity index (χ1n) is 11.1. The number of halogens is 6. The van der Waals surface area contributed by atoms with Crippen molar-refractivity contribution in [2.75, 3.05) is 13.2 Å². The third-order valence-electron chi connectivity index (χ3n) is 5.35. The van der Waals surface area contributed by atoms with E-state index in [0.29, 0.717) is 25.4 Å². The molecule has 0 unspecified atom stereocenters. The fourth-order valence-corrected chi connectivity index (χ4v) is 4.34. The SMILES string of the molecule is O=C(O)C(F)(F)F.O=C(O)C(F)(F)F.c1cncc(COC[C@H]2CC[C@@H]3[C@@H](CCN3Cc3nccs3)O2)c1. The Kier molecular flexibility index (Phi) is 11.9. The first-order chi connectivity index (χ1) is 17.8. The lowest BCUT2D eigenvalue weighted by Crippen LogP contribution is -2.43. The Morgan fingerprint density at radius 1 is 1.08 bits per heavy atom. The summed E-state index contributed by atoms with van der Waals surface area (Å²) >= 11 is 1.74. The number of aromatic nitrogens is 2. The van der Waals surface area contributed by atoms with E-state index < -0.39 is 24.3 Å². The summed E-state index contributed by atoms with van der Waals surface area (Å²) in [5.41, 5.74) is 1.11. The van der Waals surface area contributed by atoms with Crippen LogP contribution in [0.3, 0.4) is 0 Å². The van der Waals surface area contributed by atoms with Crippen LogP contribution in [0.4, 0.5) is 26.3 Å². The first-order valence-corrected chi connectivity index (χ1v) is 12.0. The number of pyridine rings is 1. The molecule has 0 spiro atoms. The number of alkyl halides is 6. The summed E-state index contributed by atoms with van der Waals surface area (Å²) in [4.78, 5) is 28.9. The Balaban J connectivity index is 0.000000301. The highest BCUT2D eigenvalue weighted by molar-refractivity contribution is 7.09. The Bertz CT molecular complexity index is 970. The maximum atomic E-state index is 10.6. The molecule has 0 aliphatic carbocycles. The fraction of sp³-hybridized carbons (Fsp3) is 0.545. The second-order valence-electron chi connectivity index (χ2n) is 8.11. The van der Waals surface area contributed by atoms with E-state index in [1.807, 2.05) is 24.5 Å². The molecule has 2 aliphatic rings. The van der Waals surface area contributed by atoms with E-state index in [0.717, 1.165) is 31.5 Å². The molecule has 2 aromatic heterocycles. The first kappa shape index (κ1) is 31.4. The van der Waals surface area contributed by atoms with Crippen LogP contribution in [0.25, 0.3) is 0 Å². The molecule has 4 heterocycles. The fourth-order valence-electron chi connectivity index (χ4n) is 3.70. The Hall–Kier alpha value is -2.82. The molecule has 38 heavy (non-hydrogen) atoms. The number of ether oxygens (including phenoxy) is 2. The molecule has 212 valence electrons. The molecule has 0 bridgehead atoms. The van der Waals surface area contributed by atoms with E-state index in [2.05, 4.69) is 20.2 Å². The Morgan fingerprint density at radius 3 is 2.26 bits per heavy atom. The van der Waals surface area contributed by atoms with Gasteiger partial charge in [0.05, 0.1) is 32.0 Å². The summed E-state index contributed by atoms with van der Waals surface area (Å²) in [6.07, 6.45) is -0.681. The molecule has 16 heteroatoms. The zero-order valence-electron chi connectivity index (χ0n) is 19.7. The lowest BCUT2D eigenvalue weighted by Gasteiger charge is -2.35. The smallest absolute Gasteiger partial charge is 0.475 e. The molecule has 4 rings (SSSR count). The maximum Gasteiger partial charge on any atom is 0.490 e. The quantitative estimate of drug-likeness (QED) is 0.491. The van der Waals surface area contributed by atoms with E-state index in [-0.39, 0.29) is 6.10 Å². The van der Waals surface area contributed by atoms with E-state index in [4.69, 9.17) is 29.3 Å². The second kappa shape index (κ2) is 14.4. The van der Waals surface area contributed by atoms with Gasteiger partial charge < -0.3 is 19.7 Å². The molecule has 2 aliphatic heterocycles. The summed E-state index contributed by atoms with van der Waals surface area (Å²) in [5, 5.41) is 17.5. The van der Waals surface area contributed by atoms with Gasteiger partial charge in [0.1, 0.15) is 5.01 Å². The molecule has 9 nitrogen and oxygen atoms in total. The van der Waals surface area contributed by atoms with Crippen molar-refractivity contribution in [3.8, 4) is 0 Å². The number of carbonyl (C=O) groups is 2. The monoisotopic (exact) mass is 573 g/mol. The third-order valence-corrected chi connectivity index (χ3v) is 6.12. The summed E-state index contributed by atoms with van der Waals surface area (Å²) in [6, 6.07) is 4.53. The second-order valence-corrected chi connectivity index (χ2v) is 9.09. The zero-order valence-corrected chi connectivity index (χ0v) is 20.5. The number of rotatable bonds is 6. The van der Waals surface area contributed by atoms with Gasteiger partial charge in [0.25, 0.3) is 0 Å². The minimum Gasteiger partial charge on any atom is -0.475 e. The van der Waals surface area contributed by atoms with E-state index >= 15 is 0 Å². The van der Waals surface area contributed by atoms with Gasteiger partial charge in [0, 0.05) is 36.6 Å². The number of thiazole rings is 1. The summed E-state index contributed by atoms with van der Waals surface area (Å²) < 4.78 is 75.6. The van der Waals surface area contributed by atoms with Crippen LogP contribution in [-0.4, -0.2) is 80.8 Å². The molecule has 2 saturated heterocycles. The molecule has 2 fully saturated rings. The van der Waals surface area contributed by atoms with Crippen LogP contribution in [0, 0.1) is 0 Å². The molecule has 3 atom stereocenters. The predicted octanol–water partition coefficient (Wildman–Crippen LogP) is 4.14. The average Bonchev–Trinajstić information content (AvgIpc) is 3.50. The molecular weight excluding hydrogens is 548 g/mol. The molecule has 2 aromatic rings. The van der Waals surface area contributed by atoms with Crippen molar-refractivity contribution in [3.63, 3.8) is 0 Å². The van der Waals surface area contributed by atoms with Gasteiger partial charge in [-0.3, -0.25) is 9.88 Å². The van der Waals surface area contributed by atoms with Gasteiger partial charge in [0.15, 0.2) is 0 Å². The number of hydrogen-bond donors (Lipinski definition) is 2. The van der Waals surface area contributed by atoms with Crippen LogP contribution < -0.4 is 0 Å². The largest absolute Gasteiger partial charge is 0.490 e. The van der Waals surface area contributed by atoms with Crippen LogP contribution in [0.5, 0.6) is 0 Å². The topological polar surface area (TPSA) is 122 Å². The van der Waals surface area contributed by atoms with E-state index in [1.54, 1.807) is 17.5 Å². The van der Waals surface area contributed by atoms with Gasteiger partial charge in [0.2, 0.25) is 0 Å².